The molecule has 0 aromatic rings. The van der Waals surface area contributed by atoms with Gasteiger partial charge in [0.1, 0.15) is 6.79 Å². The molecule has 0 aromatic carbocycles. The van der Waals surface area contributed by atoms with E-state index < -0.39 is 0 Å². The molecular formula is C21H34O2. The molecule has 4 rings (SSSR count). The standard InChI is InChI=1S/C21H34O2/c1-14-4-7-18-17-6-5-15-12-16(23-13-22)8-10-21(15,3)19(17)9-11-20(14,18)2/h5,14,16-19,22H,4,6-13H2,1-3H3/t14-,16?,17-,18?,19?,20+,21?/m0/s1. The zero-order valence-electron chi connectivity index (χ0n) is 15.2. The minimum Gasteiger partial charge on any atom is -0.371 e. The Morgan fingerprint density at radius 3 is 2.74 bits per heavy atom. The van der Waals surface area contributed by atoms with E-state index in [1.165, 1.54) is 38.5 Å². The van der Waals surface area contributed by atoms with Crippen LogP contribution in [0.4, 0.5) is 0 Å². The smallest absolute Gasteiger partial charge is 0.143 e. The third-order valence-corrected chi connectivity index (χ3v) is 8.84. The molecule has 23 heavy (non-hydrogen) atoms. The molecule has 130 valence electrons. The average Bonchev–Trinajstić information content (AvgIpc) is 2.84. The van der Waals surface area contributed by atoms with Gasteiger partial charge in [-0.3, -0.25) is 0 Å². The summed E-state index contributed by atoms with van der Waals surface area (Å²) in [4.78, 5) is 0. The van der Waals surface area contributed by atoms with E-state index in [2.05, 4.69) is 26.8 Å². The van der Waals surface area contributed by atoms with Crippen LogP contribution in [0.15, 0.2) is 11.6 Å². The first-order valence-electron chi connectivity index (χ1n) is 9.91. The first-order chi connectivity index (χ1) is 11.0. The van der Waals surface area contributed by atoms with E-state index in [9.17, 15) is 0 Å². The van der Waals surface area contributed by atoms with Gasteiger partial charge in [0.25, 0.3) is 0 Å². The fourth-order valence-corrected chi connectivity index (χ4v) is 7.14. The number of fused-ring (bicyclic) bond motifs is 5. The topological polar surface area (TPSA) is 29.5 Å². The van der Waals surface area contributed by atoms with Gasteiger partial charge in [-0.1, -0.05) is 32.4 Å². The normalized spacial score (nSPS) is 52.3. The summed E-state index contributed by atoms with van der Waals surface area (Å²) < 4.78 is 5.53. The maximum Gasteiger partial charge on any atom is 0.143 e. The summed E-state index contributed by atoms with van der Waals surface area (Å²) in [5, 5.41) is 9.08. The third kappa shape index (κ3) is 2.28. The molecule has 2 heteroatoms. The van der Waals surface area contributed by atoms with E-state index in [1.54, 1.807) is 5.57 Å². The molecule has 0 spiro atoms. The summed E-state index contributed by atoms with van der Waals surface area (Å²) in [6, 6.07) is 0. The summed E-state index contributed by atoms with van der Waals surface area (Å²) in [5.41, 5.74) is 2.67. The second kappa shape index (κ2) is 5.59. The lowest BCUT2D eigenvalue weighted by Gasteiger charge is -2.58. The summed E-state index contributed by atoms with van der Waals surface area (Å²) in [5.74, 6) is 3.68. The Bertz CT molecular complexity index is 498. The summed E-state index contributed by atoms with van der Waals surface area (Å²) in [7, 11) is 0. The number of allylic oxidation sites excluding steroid dienone is 1. The van der Waals surface area contributed by atoms with Crippen molar-refractivity contribution in [2.24, 2.45) is 34.5 Å². The number of hydrogen-bond donors (Lipinski definition) is 1. The molecule has 0 saturated heterocycles. The van der Waals surface area contributed by atoms with E-state index in [4.69, 9.17) is 9.84 Å². The van der Waals surface area contributed by atoms with Crippen LogP contribution in [-0.4, -0.2) is 18.0 Å². The van der Waals surface area contributed by atoms with E-state index in [1.807, 2.05) is 0 Å². The molecule has 3 saturated carbocycles. The van der Waals surface area contributed by atoms with Gasteiger partial charge < -0.3 is 9.84 Å². The van der Waals surface area contributed by atoms with E-state index in [-0.39, 0.29) is 12.9 Å². The predicted molar refractivity (Wildman–Crippen MR) is 92.8 cm³/mol. The van der Waals surface area contributed by atoms with Crippen LogP contribution < -0.4 is 0 Å². The molecular weight excluding hydrogens is 284 g/mol. The number of rotatable bonds is 2. The van der Waals surface area contributed by atoms with Crippen LogP contribution in [0, 0.1) is 34.5 Å². The van der Waals surface area contributed by atoms with Crippen LogP contribution in [0.1, 0.15) is 72.1 Å². The van der Waals surface area contributed by atoms with Crippen molar-refractivity contribution in [1.29, 1.82) is 0 Å². The van der Waals surface area contributed by atoms with Crippen LogP contribution >= 0.6 is 0 Å². The highest BCUT2D eigenvalue weighted by atomic mass is 16.6. The van der Waals surface area contributed by atoms with E-state index in [0.29, 0.717) is 10.8 Å². The maximum atomic E-state index is 9.08. The van der Waals surface area contributed by atoms with Gasteiger partial charge in [0, 0.05) is 0 Å². The number of aliphatic hydroxyl groups is 1. The molecule has 0 bridgehead atoms. The van der Waals surface area contributed by atoms with Crippen molar-refractivity contribution in [2.45, 2.75) is 78.2 Å². The zero-order chi connectivity index (χ0) is 16.2. The molecule has 1 N–H and O–H groups in total. The Balaban J connectivity index is 1.60. The van der Waals surface area contributed by atoms with Crippen LogP contribution in [0.2, 0.25) is 0 Å². The van der Waals surface area contributed by atoms with Crippen LogP contribution in [-0.2, 0) is 4.74 Å². The molecule has 4 aliphatic carbocycles. The van der Waals surface area contributed by atoms with Gasteiger partial charge in [-0.25, -0.2) is 0 Å². The first-order valence-corrected chi connectivity index (χ1v) is 9.91. The largest absolute Gasteiger partial charge is 0.371 e. The number of aliphatic hydroxyl groups excluding tert-OH is 1. The van der Waals surface area contributed by atoms with Crippen LogP contribution in [0.3, 0.4) is 0 Å². The van der Waals surface area contributed by atoms with Gasteiger partial charge >= 0.3 is 0 Å². The molecule has 2 nitrogen and oxygen atoms in total. The monoisotopic (exact) mass is 318 g/mol. The van der Waals surface area contributed by atoms with Crippen molar-refractivity contribution < 1.29 is 9.84 Å². The lowest BCUT2D eigenvalue weighted by molar-refractivity contribution is -0.0848. The Hall–Kier alpha value is -0.340. The fourth-order valence-electron chi connectivity index (χ4n) is 7.14. The highest BCUT2D eigenvalue weighted by molar-refractivity contribution is 5.25. The molecule has 4 unspecified atom stereocenters. The predicted octanol–water partition coefficient (Wildman–Crippen LogP) is 4.92. The van der Waals surface area contributed by atoms with Crippen LogP contribution in [0.25, 0.3) is 0 Å². The SMILES string of the molecule is C[C@H]1CCC2[C@@H]3CC=C4CC(OCO)CCC4(C)C3CC[C@@]21C. The van der Waals surface area contributed by atoms with Crippen LogP contribution in [0.5, 0.6) is 0 Å². The molecule has 0 amide bonds. The summed E-state index contributed by atoms with van der Waals surface area (Å²) in [6.45, 7) is 7.52. The summed E-state index contributed by atoms with van der Waals surface area (Å²) >= 11 is 0. The van der Waals surface area contributed by atoms with Crippen molar-refractivity contribution in [3.8, 4) is 0 Å². The Morgan fingerprint density at radius 1 is 1.13 bits per heavy atom. The van der Waals surface area contributed by atoms with Gasteiger partial charge in [-0.2, -0.15) is 0 Å². The van der Waals surface area contributed by atoms with Gasteiger partial charge in [0.05, 0.1) is 6.10 Å². The molecule has 0 aliphatic heterocycles. The van der Waals surface area contributed by atoms with Crippen molar-refractivity contribution in [2.75, 3.05) is 6.79 Å². The van der Waals surface area contributed by atoms with Gasteiger partial charge in [0.15, 0.2) is 0 Å². The lowest BCUT2D eigenvalue weighted by Crippen LogP contribution is -2.50. The van der Waals surface area contributed by atoms with Gasteiger partial charge in [-0.05, 0) is 85.9 Å². The molecule has 7 atom stereocenters. The Kier molecular flexibility index (Phi) is 3.93. The first kappa shape index (κ1) is 16.1. The van der Waals surface area contributed by atoms with Crippen molar-refractivity contribution in [3.63, 3.8) is 0 Å². The lowest BCUT2D eigenvalue weighted by atomic mass is 9.47. The minimum atomic E-state index is -0.126. The third-order valence-electron chi connectivity index (χ3n) is 8.84. The number of ether oxygens (including phenoxy) is 1. The zero-order valence-corrected chi connectivity index (χ0v) is 15.2. The molecule has 4 aliphatic rings. The van der Waals surface area contributed by atoms with Crippen molar-refractivity contribution in [3.05, 3.63) is 11.6 Å². The minimum absolute atomic E-state index is 0.126. The highest BCUT2D eigenvalue weighted by Crippen LogP contribution is 2.66. The highest BCUT2D eigenvalue weighted by Gasteiger charge is 2.57. The van der Waals surface area contributed by atoms with E-state index >= 15 is 0 Å². The number of hydrogen-bond acceptors (Lipinski definition) is 2. The maximum absolute atomic E-state index is 9.08. The Labute approximate surface area is 141 Å². The quantitative estimate of drug-likeness (QED) is 0.578. The van der Waals surface area contributed by atoms with Gasteiger partial charge in [-0.15, -0.1) is 0 Å². The second-order valence-corrected chi connectivity index (χ2v) is 9.44. The molecule has 0 radical (unpaired) electrons. The Morgan fingerprint density at radius 2 is 1.96 bits per heavy atom. The van der Waals surface area contributed by atoms with Gasteiger partial charge in [0.2, 0.25) is 0 Å². The average molecular weight is 319 g/mol. The van der Waals surface area contributed by atoms with Crippen molar-refractivity contribution >= 4 is 0 Å². The molecule has 0 aromatic heterocycles. The van der Waals surface area contributed by atoms with Crippen molar-refractivity contribution in [1.82, 2.24) is 0 Å². The molecule has 3 fully saturated rings. The van der Waals surface area contributed by atoms with E-state index in [0.717, 1.165) is 36.5 Å². The fraction of sp³-hybridized carbons (Fsp3) is 0.905. The molecule has 0 heterocycles. The summed E-state index contributed by atoms with van der Waals surface area (Å²) in [6.07, 6.45) is 13.4. The second-order valence-electron chi connectivity index (χ2n) is 9.44.